The van der Waals surface area contributed by atoms with Crippen molar-refractivity contribution in [3.63, 3.8) is 0 Å². The SMILES string of the molecule is N=C([Se])CC(=O)NC1CC1. The molecule has 0 atom stereocenters. The van der Waals surface area contributed by atoms with Crippen molar-refractivity contribution in [3.8, 4) is 0 Å². The average molecular weight is 204 g/mol. The zero-order valence-corrected chi connectivity index (χ0v) is 7.23. The molecule has 0 saturated heterocycles. The Balaban J connectivity index is 2.14. The summed E-state index contributed by atoms with van der Waals surface area (Å²) in [4.78, 5) is 10.8. The Morgan fingerprint density at radius 1 is 1.70 bits per heavy atom. The van der Waals surface area contributed by atoms with Crippen molar-refractivity contribution in [2.24, 2.45) is 0 Å². The summed E-state index contributed by atoms with van der Waals surface area (Å²) in [6, 6.07) is 0.409. The van der Waals surface area contributed by atoms with Crippen molar-refractivity contribution in [3.05, 3.63) is 0 Å². The number of hydrogen-bond donors (Lipinski definition) is 2. The van der Waals surface area contributed by atoms with Gasteiger partial charge in [-0.15, -0.1) is 0 Å². The molecule has 0 heterocycles. The molecule has 1 amide bonds. The van der Waals surface area contributed by atoms with Gasteiger partial charge in [0, 0.05) is 0 Å². The van der Waals surface area contributed by atoms with E-state index in [1.807, 2.05) is 0 Å². The molecule has 10 heavy (non-hydrogen) atoms. The first kappa shape index (κ1) is 7.76. The number of amides is 1. The molecule has 1 radical (unpaired) electrons. The van der Waals surface area contributed by atoms with Gasteiger partial charge in [-0.1, -0.05) is 0 Å². The van der Waals surface area contributed by atoms with Gasteiger partial charge >= 0.3 is 67.4 Å². The zero-order chi connectivity index (χ0) is 7.56. The molecule has 0 bridgehead atoms. The molecular weight excluding hydrogens is 195 g/mol. The fraction of sp³-hybridized carbons (Fsp3) is 0.667. The topological polar surface area (TPSA) is 53.0 Å². The average Bonchev–Trinajstić information content (AvgIpc) is 2.46. The van der Waals surface area contributed by atoms with E-state index in [-0.39, 0.29) is 12.3 Å². The molecule has 0 aromatic heterocycles. The first-order valence-corrected chi connectivity index (χ1v) is 4.08. The maximum absolute atomic E-state index is 10.8. The van der Waals surface area contributed by atoms with Crippen LogP contribution in [-0.2, 0) is 4.79 Å². The van der Waals surface area contributed by atoms with Gasteiger partial charge in [0.25, 0.3) is 0 Å². The van der Waals surface area contributed by atoms with Crippen LogP contribution in [0.4, 0.5) is 0 Å². The summed E-state index contributed by atoms with van der Waals surface area (Å²) in [6.07, 6.45) is 2.41. The molecule has 1 fully saturated rings. The van der Waals surface area contributed by atoms with Crippen molar-refractivity contribution < 1.29 is 4.79 Å². The van der Waals surface area contributed by atoms with Gasteiger partial charge in [-0.2, -0.15) is 0 Å². The second-order valence-electron chi connectivity index (χ2n) is 2.44. The normalized spacial score (nSPS) is 16.4. The van der Waals surface area contributed by atoms with Crippen LogP contribution in [0.2, 0.25) is 0 Å². The molecule has 1 saturated carbocycles. The number of rotatable bonds is 3. The molecule has 3 nitrogen and oxygen atoms in total. The Hall–Kier alpha value is -0.341. The van der Waals surface area contributed by atoms with Gasteiger partial charge in [0.2, 0.25) is 0 Å². The Morgan fingerprint density at radius 2 is 2.30 bits per heavy atom. The van der Waals surface area contributed by atoms with Gasteiger partial charge in [0.15, 0.2) is 0 Å². The Kier molecular flexibility index (Phi) is 2.46. The molecule has 1 rings (SSSR count). The molecule has 0 aromatic rings. The van der Waals surface area contributed by atoms with E-state index in [1.54, 1.807) is 0 Å². The van der Waals surface area contributed by atoms with Crippen LogP contribution in [0.25, 0.3) is 0 Å². The number of carbonyl (C=O) groups excluding carboxylic acids is 1. The first-order chi connectivity index (χ1) is 4.68. The van der Waals surface area contributed by atoms with Gasteiger partial charge in [-0.25, -0.2) is 0 Å². The van der Waals surface area contributed by atoms with E-state index in [0.29, 0.717) is 10.7 Å². The third-order valence-electron chi connectivity index (χ3n) is 1.26. The van der Waals surface area contributed by atoms with Crippen LogP contribution in [0.5, 0.6) is 0 Å². The van der Waals surface area contributed by atoms with Gasteiger partial charge in [-0.05, 0) is 0 Å². The van der Waals surface area contributed by atoms with Gasteiger partial charge < -0.3 is 0 Å². The third-order valence-corrected chi connectivity index (χ3v) is 1.57. The fourth-order valence-corrected chi connectivity index (χ4v) is 0.927. The van der Waals surface area contributed by atoms with Gasteiger partial charge in [-0.3, -0.25) is 0 Å². The fourth-order valence-electron chi connectivity index (χ4n) is 0.652. The molecule has 1 aliphatic rings. The third kappa shape index (κ3) is 2.99. The van der Waals surface area contributed by atoms with Crippen molar-refractivity contribution in [1.29, 1.82) is 5.41 Å². The van der Waals surface area contributed by atoms with Crippen LogP contribution in [0.15, 0.2) is 0 Å². The number of hydrogen-bond acceptors (Lipinski definition) is 2. The summed E-state index contributed by atoms with van der Waals surface area (Å²) in [5.41, 5.74) is 0. The zero-order valence-electron chi connectivity index (χ0n) is 5.52. The van der Waals surface area contributed by atoms with E-state index in [4.69, 9.17) is 5.41 Å². The monoisotopic (exact) mass is 205 g/mol. The van der Waals surface area contributed by atoms with Gasteiger partial charge in [0.05, 0.1) is 0 Å². The quantitative estimate of drug-likeness (QED) is 0.485. The van der Waals surface area contributed by atoms with E-state index in [1.165, 1.54) is 0 Å². The predicted molar refractivity (Wildman–Crippen MR) is 39.3 cm³/mol. The summed E-state index contributed by atoms with van der Waals surface area (Å²) >= 11 is 2.49. The Labute approximate surface area is 67.9 Å². The summed E-state index contributed by atoms with van der Waals surface area (Å²) < 4.78 is 0.304. The summed E-state index contributed by atoms with van der Waals surface area (Å²) in [5, 5.41) is 9.76. The molecular formula is C6H9N2OSe. The summed E-state index contributed by atoms with van der Waals surface area (Å²) in [5.74, 6) is -0.0359. The second-order valence-corrected chi connectivity index (χ2v) is 3.48. The summed E-state index contributed by atoms with van der Waals surface area (Å²) in [7, 11) is 0. The van der Waals surface area contributed by atoms with Crippen LogP contribution in [-0.4, -0.2) is 32.6 Å². The molecule has 0 aromatic carbocycles. The molecule has 2 N–H and O–H groups in total. The maximum atomic E-state index is 10.8. The van der Waals surface area contributed by atoms with Gasteiger partial charge in [0.1, 0.15) is 0 Å². The van der Waals surface area contributed by atoms with Crippen LogP contribution in [0.3, 0.4) is 0 Å². The summed E-state index contributed by atoms with van der Waals surface area (Å²) in [6.45, 7) is 0. The van der Waals surface area contributed by atoms with E-state index < -0.39 is 0 Å². The van der Waals surface area contributed by atoms with E-state index in [0.717, 1.165) is 12.8 Å². The van der Waals surface area contributed by atoms with Crippen LogP contribution in [0, 0.1) is 5.41 Å². The molecule has 55 valence electrons. The molecule has 4 heteroatoms. The van der Waals surface area contributed by atoms with Crippen molar-refractivity contribution in [1.82, 2.24) is 5.32 Å². The second kappa shape index (κ2) is 3.17. The van der Waals surface area contributed by atoms with Crippen molar-refractivity contribution >= 4 is 26.5 Å². The van der Waals surface area contributed by atoms with E-state index >= 15 is 0 Å². The Morgan fingerprint density at radius 3 is 2.70 bits per heavy atom. The minimum absolute atomic E-state index is 0.0359. The minimum atomic E-state index is -0.0359. The molecule has 1 aliphatic carbocycles. The standard InChI is InChI=1S/C6H9N2OSe/c7-5(10)3-6(9)8-4-1-2-4/h4,7H,1-3H2,(H,8,9). The van der Waals surface area contributed by atoms with E-state index in [9.17, 15) is 4.79 Å². The predicted octanol–water partition coefficient (Wildman–Crippen LogP) is -0.199. The first-order valence-electron chi connectivity index (χ1n) is 3.22. The van der Waals surface area contributed by atoms with Crippen LogP contribution < -0.4 is 5.32 Å². The molecule has 0 aliphatic heterocycles. The number of carbonyl (C=O) groups is 1. The number of nitrogens with one attached hydrogen (secondary N) is 2. The molecule has 0 unspecified atom stereocenters. The van der Waals surface area contributed by atoms with Crippen LogP contribution in [0.1, 0.15) is 19.3 Å². The van der Waals surface area contributed by atoms with Crippen LogP contribution >= 0.6 is 0 Å². The van der Waals surface area contributed by atoms with Crippen molar-refractivity contribution in [2.75, 3.05) is 0 Å². The molecule has 0 spiro atoms. The Bertz CT molecular complexity index is 165. The van der Waals surface area contributed by atoms with E-state index in [2.05, 4.69) is 21.3 Å². The van der Waals surface area contributed by atoms with Crippen molar-refractivity contribution in [2.45, 2.75) is 25.3 Å².